The Labute approximate surface area is 399 Å². The van der Waals surface area contributed by atoms with Crippen LogP contribution in [0.15, 0.2) is 233 Å². The molecule has 0 aliphatic carbocycles. The first-order valence-corrected chi connectivity index (χ1v) is 23.5. The molecule has 15 rings (SSSR count). The molecule has 326 valence electrons. The van der Waals surface area contributed by atoms with E-state index in [1.807, 2.05) is 60.7 Å². The van der Waals surface area contributed by atoms with E-state index in [-0.39, 0.29) is 0 Å². The molecule has 70 heavy (non-hydrogen) atoms. The highest BCUT2D eigenvalue weighted by molar-refractivity contribution is 6.20. The van der Waals surface area contributed by atoms with Crippen molar-refractivity contribution in [1.82, 2.24) is 24.1 Å². The van der Waals surface area contributed by atoms with Gasteiger partial charge >= 0.3 is 0 Å². The number of hydrogen-bond donors (Lipinski definition) is 0. The van der Waals surface area contributed by atoms with E-state index in [1.54, 1.807) is 0 Å². The van der Waals surface area contributed by atoms with Crippen LogP contribution in [0.3, 0.4) is 0 Å². The summed E-state index contributed by atoms with van der Waals surface area (Å²) in [5.41, 5.74) is 14.9. The van der Waals surface area contributed by atoms with Gasteiger partial charge in [-0.05, 0) is 119 Å². The molecule has 5 aromatic heterocycles. The molecule has 7 heteroatoms. The standard InChI is InChI=1S/C63H37N5O2/c1-4-14-38(15-5-1)40-24-28-53-47(32-40)49-37-56-50(36-55(49)67(53)44-18-8-3-9-19-44)48-33-41(39-16-6-2-7-17-39)25-29-54(48)68(56)63-65-61(42-26-30-59-51(34-42)45-20-10-12-22-57(45)69-59)64-62(66-63)43-27-31-60-52(35-43)46-21-11-13-23-58(46)70-60/h1-37H. The van der Waals surface area contributed by atoms with Gasteiger partial charge in [-0.2, -0.15) is 9.97 Å². The Hall–Kier alpha value is -9.59. The molecule has 10 aromatic carbocycles. The lowest BCUT2D eigenvalue weighted by molar-refractivity contribution is 0.668. The molecule has 0 radical (unpaired) electrons. The predicted octanol–water partition coefficient (Wildman–Crippen LogP) is 16.5. The minimum Gasteiger partial charge on any atom is -0.456 e. The van der Waals surface area contributed by atoms with Crippen LogP contribution >= 0.6 is 0 Å². The van der Waals surface area contributed by atoms with Crippen LogP contribution in [0, 0.1) is 0 Å². The van der Waals surface area contributed by atoms with E-state index in [9.17, 15) is 0 Å². The van der Waals surface area contributed by atoms with E-state index in [0.29, 0.717) is 17.6 Å². The van der Waals surface area contributed by atoms with E-state index < -0.39 is 0 Å². The van der Waals surface area contributed by atoms with Gasteiger partial charge in [-0.3, -0.25) is 4.57 Å². The molecule has 0 atom stereocenters. The summed E-state index contributed by atoms with van der Waals surface area (Å²) in [5.74, 6) is 1.61. The summed E-state index contributed by atoms with van der Waals surface area (Å²) in [6.45, 7) is 0. The van der Waals surface area contributed by atoms with Crippen molar-refractivity contribution in [2.45, 2.75) is 0 Å². The fourth-order valence-corrected chi connectivity index (χ4v) is 10.7. The second kappa shape index (κ2) is 15.0. The average Bonchev–Trinajstić information content (AvgIpc) is 4.17. The van der Waals surface area contributed by atoms with Crippen molar-refractivity contribution in [2.24, 2.45) is 0 Å². The SMILES string of the molecule is c1ccc(-c2ccc3c(c2)c2cc4c(cc2n3-c2ccccc2)c2cc(-c3ccccc3)ccc2n4-c2nc(-c3ccc4oc5ccccc5c4c3)nc(-c3ccc4oc5ccccc5c4c3)n2)cc1. The van der Waals surface area contributed by atoms with Crippen LogP contribution in [-0.2, 0) is 0 Å². The Bertz CT molecular complexity index is 4450. The zero-order valence-corrected chi connectivity index (χ0v) is 37.4. The van der Waals surface area contributed by atoms with Crippen molar-refractivity contribution in [3.63, 3.8) is 0 Å². The summed E-state index contributed by atoms with van der Waals surface area (Å²) in [4.78, 5) is 16.2. The van der Waals surface area contributed by atoms with Crippen LogP contribution in [0.25, 0.3) is 144 Å². The van der Waals surface area contributed by atoms with Gasteiger partial charge in [-0.15, -0.1) is 0 Å². The molecule has 15 aromatic rings. The Balaban J connectivity index is 1.05. The Morgan fingerprint density at radius 2 is 0.657 bits per heavy atom. The number of aromatic nitrogens is 5. The van der Waals surface area contributed by atoms with Gasteiger partial charge in [-0.1, -0.05) is 127 Å². The second-order valence-electron chi connectivity index (χ2n) is 18.0. The van der Waals surface area contributed by atoms with Crippen LogP contribution in [0.1, 0.15) is 0 Å². The minimum absolute atomic E-state index is 0.512. The predicted molar refractivity (Wildman–Crippen MR) is 285 cm³/mol. The number of furan rings is 2. The molecular formula is C63H37N5O2. The molecule has 0 bridgehead atoms. The molecule has 0 saturated carbocycles. The summed E-state index contributed by atoms with van der Waals surface area (Å²) < 4.78 is 17.2. The Kier molecular flexibility index (Phi) is 8.23. The lowest BCUT2D eigenvalue weighted by Crippen LogP contribution is -2.06. The summed E-state index contributed by atoms with van der Waals surface area (Å²) >= 11 is 0. The van der Waals surface area contributed by atoms with E-state index in [4.69, 9.17) is 23.8 Å². The maximum absolute atomic E-state index is 6.29. The number of fused-ring (bicyclic) bond motifs is 12. The number of rotatable bonds is 6. The third-order valence-electron chi connectivity index (χ3n) is 14.0. The third kappa shape index (κ3) is 5.91. The van der Waals surface area contributed by atoms with E-state index in [0.717, 1.165) is 121 Å². The van der Waals surface area contributed by atoms with E-state index >= 15 is 0 Å². The fourth-order valence-electron chi connectivity index (χ4n) is 10.7. The lowest BCUT2D eigenvalue weighted by atomic mass is 10.0. The highest BCUT2D eigenvalue weighted by Crippen LogP contribution is 2.42. The molecular weight excluding hydrogens is 859 g/mol. The molecule has 0 saturated heterocycles. The van der Waals surface area contributed by atoms with Gasteiger partial charge < -0.3 is 13.4 Å². The molecule has 0 amide bonds. The third-order valence-corrected chi connectivity index (χ3v) is 14.0. The number of para-hydroxylation sites is 3. The maximum Gasteiger partial charge on any atom is 0.238 e. The first kappa shape index (κ1) is 38.5. The number of hydrogen-bond acceptors (Lipinski definition) is 5. The summed E-state index contributed by atoms with van der Waals surface area (Å²) in [5, 5.41) is 8.54. The van der Waals surface area contributed by atoms with Crippen molar-refractivity contribution in [1.29, 1.82) is 0 Å². The fraction of sp³-hybridized carbons (Fsp3) is 0. The van der Waals surface area contributed by atoms with Crippen LogP contribution < -0.4 is 0 Å². The minimum atomic E-state index is 0.512. The first-order valence-electron chi connectivity index (χ1n) is 23.5. The highest BCUT2D eigenvalue weighted by atomic mass is 16.3. The van der Waals surface area contributed by atoms with Gasteiger partial charge in [0.15, 0.2) is 11.6 Å². The molecule has 0 N–H and O–H groups in total. The van der Waals surface area contributed by atoms with Gasteiger partial charge in [0.05, 0.1) is 22.1 Å². The Morgan fingerprint density at radius 3 is 1.19 bits per heavy atom. The molecule has 0 aliphatic heterocycles. The summed E-state index contributed by atoms with van der Waals surface area (Å²) in [6.07, 6.45) is 0. The van der Waals surface area contributed by atoms with Gasteiger partial charge in [0, 0.05) is 59.9 Å². The average molecular weight is 896 g/mol. The summed E-state index contributed by atoms with van der Waals surface area (Å²) in [7, 11) is 0. The zero-order chi connectivity index (χ0) is 45.9. The van der Waals surface area contributed by atoms with Crippen molar-refractivity contribution >= 4 is 87.5 Å². The van der Waals surface area contributed by atoms with E-state index in [1.165, 1.54) is 5.56 Å². The zero-order valence-electron chi connectivity index (χ0n) is 37.4. The largest absolute Gasteiger partial charge is 0.456 e. The molecule has 5 heterocycles. The van der Waals surface area contributed by atoms with Gasteiger partial charge in [0.25, 0.3) is 0 Å². The van der Waals surface area contributed by atoms with Crippen molar-refractivity contribution in [3.8, 4) is 56.7 Å². The van der Waals surface area contributed by atoms with E-state index in [2.05, 4.69) is 173 Å². The molecule has 0 spiro atoms. The van der Waals surface area contributed by atoms with Crippen molar-refractivity contribution < 1.29 is 8.83 Å². The number of benzene rings is 10. The number of nitrogens with zero attached hydrogens (tertiary/aromatic N) is 5. The molecule has 0 unspecified atom stereocenters. The van der Waals surface area contributed by atoms with Crippen LogP contribution in [0.4, 0.5) is 0 Å². The Morgan fingerprint density at radius 1 is 0.257 bits per heavy atom. The van der Waals surface area contributed by atoms with Gasteiger partial charge in [0.1, 0.15) is 22.3 Å². The van der Waals surface area contributed by atoms with Gasteiger partial charge in [-0.25, -0.2) is 4.98 Å². The normalized spacial score (nSPS) is 12.0. The molecule has 7 nitrogen and oxygen atoms in total. The first-order chi connectivity index (χ1) is 34.7. The van der Waals surface area contributed by atoms with Crippen molar-refractivity contribution in [3.05, 3.63) is 224 Å². The topological polar surface area (TPSA) is 74.8 Å². The maximum atomic E-state index is 6.29. The monoisotopic (exact) mass is 895 g/mol. The van der Waals surface area contributed by atoms with Crippen LogP contribution in [-0.4, -0.2) is 24.1 Å². The van der Waals surface area contributed by atoms with Crippen LogP contribution in [0.2, 0.25) is 0 Å². The van der Waals surface area contributed by atoms with Crippen LogP contribution in [0.5, 0.6) is 0 Å². The highest BCUT2D eigenvalue weighted by Gasteiger charge is 2.23. The second-order valence-corrected chi connectivity index (χ2v) is 18.0. The summed E-state index contributed by atoms with van der Waals surface area (Å²) in [6, 6.07) is 78.8. The molecule has 0 fully saturated rings. The quantitative estimate of drug-likeness (QED) is 0.166. The molecule has 0 aliphatic rings. The van der Waals surface area contributed by atoms with Gasteiger partial charge in [0.2, 0.25) is 5.95 Å². The van der Waals surface area contributed by atoms with Crippen molar-refractivity contribution in [2.75, 3.05) is 0 Å². The smallest absolute Gasteiger partial charge is 0.238 e. The lowest BCUT2D eigenvalue weighted by Gasteiger charge is -2.11.